The average molecular weight is 238 g/mol. The molecule has 0 amide bonds. The third kappa shape index (κ3) is 1.82. The molecule has 0 aliphatic heterocycles. The fraction of sp³-hybridized carbons (Fsp3) is 0.267. The molecule has 1 aliphatic carbocycles. The predicted molar refractivity (Wildman–Crippen MR) is 69.6 cm³/mol. The molecule has 1 heterocycles. The Labute approximate surface area is 106 Å². The van der Waals surface area contributed by atoms with Crippen LogP contribution in [-0.4, -0.2) is 15.8 Å². The van der Waals surface area contributed by atoms with Gasteiger partial charge in [0.2, 0.25) is 0 Å². The Morgan fingerprint density at radius 1 is 1.06 bits per heavy atom. The number of nitrogens with zero attached hydrogens (tertiary/aromatic N) is 2. The van der Waals surface area contributed by atoms with Crippen LogP contribution in [0.4, 0.5) is 0 Å². The lowest BCUT2D eigenvalue weighted by molar-refractivity contribution is 0.0994. The zero-order valence-electron chi connectivity index (χ0n) is 10.5. The van der Waals surface area contributed by atoms with Crippen molar-refractivity contribution in [2.45, 2.75) is 26.7 Å². The number of benzene rings is 1. The second kappa shape index (κ2) is 4.02. The van der Waals surface area contributed by atoms with Crippen LogP contribution in [0.1, 0.15) is 33.6 Å². The zero-order valence-corrected chi connectivity index (χ0v) is 10.5. The number of ketones is 1. The van der Waals surface area contributed by atoms with E-state index in [2.05, 4.69) is 42.0 Å². The summed E-state index contributed by atoms with van der Waals surface area (Å²) < 4.78 is 0. The van der Waals surface area contributed by atoms with Gasteiger partial charge >= 0.3 is 0 Å². The summed E-state index contributed by atoms with van der Waals surface area (Å²) in [5.74, 6) is 0.882. The Kier molecular flexibility index (Phi) is 2.47. The summed E-state index contributed by atoms with van der Waals surface area (Å²) in [6, 6.07) is 6.28. The van der Waals surface area contributed by atoms with Crippen molar-refractivity contribution in [1.29, 1.82) is 0 Å². The van der Waals surface area contributed by atoms with E-state index < -0.39 is 0 Å². The molecule has 0 saturated carbocycles. The van der Waals surface area contributed by atoms with Crippen molar-refractivity contribution in [3.8, 4) is 11.4 Å². The molecule has 0 bridgehead atoms. The van der Waals surface area contributed by atoms with Crippen LogP contribution < -0.4 is 0 Å². The van der Waals surface area contributed by atoms with Crippen LogP contribution in [-0.2, 0) is 6.42 Å². The molecule has 3 nitrogen and oxygen atoms in total. The molecule has 0 atom stereocenters. The van der Waals surface area contributed by atoms with Crippen LogP contribution in [0.25, 0.3) is 11.4 Å². The lowest BCUT2D eigenvalue weighted by Gasteiger charge is -2.05. The highest BCUT2D eigenvalue weighted by Crippen LogP contribution is 2.24. The van der Waals surface area contributed by atoms with Crippen molar-refractivity contribution in [3.05, 3.63) is 46.8 Å². The summed E-state index contributed by atoms with van der Waals surface area (Å²) in [4.78, 5) is 20.4. The molecule has 18 heavy (non-hydrogen) atoms. The third-order valence-electron chi connectivity index (χ3n) is 3.24. The normalized spacial score (nSPS) is 13.8. The molecule has 0 N–H and O–H groups in total. The van der Waals surface area contributed by atoms with Crippen molar-refractivity contribution < 1.29 is 4.79 Å². The molecule has 3 heteroatoms. The Hall–Kier alpha value is -2.03. The maximum Gasteiger partial charge on any atom is 0.166 e. The number of carbonyl (C=O) groups excluding carboxylic acids is 1. The van der Waals surface area contributed by atoms with Gasteiger partial charge in [0, 0.05) is 18.2 Å². The van der Waals surface area contributed by atoms with Crippen LogP contribution in [0.2, 0.25) is 0 Å². The van der Waals surface area contributed by atoms with E-state index in [9.17, 15) is 4.79 Å². The van der Waals surface area contributed by atoms with Crippen LogP contribution in [0.15, 0.2) is 24.4 Å². The van der Waals surface area contributed by atoms with E-state index in [1.807, 2.05) is 0 Å². The molecule has 90 valence electrons. The van der Waals surface area contributed by atoms with E-state index in [0.29, 0.717) is 12.0 Å². The number of fused-ring (bicyclic) bond motifs is 1. The van der Waals surface area contributed by atoms with Crippen molar-refractivity contribution in [1.82, 2.24) is 9.97 Å². The zero-order chi connectivity index (χ0) is 12.7. The van der Waals surface area contributed by atoms with E-state index >= 15 is 0 Å². The first kappa shape index (κ1) is 11.1. The van der Waals surface area contributed by atoms with Gasteiger partial charge < -0.3 is 0 Å². The van der Waals surface area contributed by atoms with E-state index in [1.165, 1.54) is 11.1 Å². The molecule has 1 aromatic carbocycles. The monoisotopic (exact) mass is 238 g/mol. The quantitative estimate of drug-likeness (QED) is 0.767. The van der Waals surface area contributed by atoms with Gasteiger partial charge in [-0.05, 0) is 32.4 Å². The van der Waals surface area contributed by atoms with Crippen molar-refractivity contribution in [3.63, 3.8) is 0 Å². The number of aryl methyl sites for hydroxylation is 3. The minimum absolute atomic E-state index is 0.164. The van der Waals surface area contributed by atoms with Crippen molar-refractivity contribution >= 4 is 5.78 Å². The predicted octanol–water partition coefficient (Wildman–Crippen LogP) is 2.89. The summed E-state index contributed by atoms with van der Waals surface area (Å²) in [5.41, 5.74) is 5.01. The molecular formula is C15H14N2O. The second-order valence-corrected chi connectivity index (χ2v) is 4.85. The van der Waals surface area contributed by atoms with Gasteiger partial charge in [-0.15, -0.1) is 0 Å². The van der Waals surface area contributed by atoms with E-state index in [-0.39, 0.29) is 5.78 Å². The number of hydrogen-bond donors (Lipinski definition) is 0. The number of carbonyl (C=O) groups is 1. The van der Waals surface area contributed by atoms with Gasteiger partial charge in [-0.3, -0.25) is 4.79 Å². The molecule has 2 aromatic rings. The van der Waals surface area contributed by atoms with Gasteiger partial charge in [-0.25, -0.2) is 9.97 Å². The fourth-order valence-electron chi connectivity index (χ4n) is 2.45. The number of aromatic nitrogens is 2. The van der Waals surface area contributed by atoms with Crippen LogP contribution >= 0.6 is 0 Å². The Balaban J connectivity index is 2.10. The molecule has 1 aromatic heterocycles. The Morgan fingerprint density at radius 3 is 2.50 bits per heavy atom. The molecule has 0 saturated heterocycles. The van der Waals surface area contributed by atoms with Crippen LogP contribution in [0, 0.1) is 13.8 Å². The van der Waals surface area contributed by atoms with Gasteiger partial charge in [0.15, 0.2) is 11.6 Å². The summed E-state index contributed by atoms with van der Waals surface area (Å²) >= 11 is 0. The highest BCUT2D eigenvalue weighted by atomic mass is 16.1. The molecule has 1 aliphatic rings. The van der Waals surface area contributed by atoms with Gasteiger partial charge in [-0.1, -0.05) is 17.2 Å². The highest BCUT2D eigenvalue weighted by molar-refractivity contribution is 5.99. The van der Waals surface area contributed by atoms with E-state index in [0.717, 1.165) is 23.5 Å². The van der Waals surface area contributed by atoms with E-state index in [1.54, 1.807) is 6.20 Å². The molecule has 0 fully saturated rings. The lowest BCUT2D eigenvalue weighted by Crippen LogP contribution is -1.98. The van der Waals surface area contributed by atoms with Crippen molar-refractivity contribution in [2.24, 2.45) is 0 Å². The van der Waals surface area contributed by atoms with Crippen LogP contribution in [0.3, 0.4) is 0 Å². The summed E-state index contributed by atoms with van der Waals surface area (Å²) in [5, 5.41) is 0. The minimum atomic E-state index is 0.164. The topological polar surface area (TPSA) is 42.9 Å². The number of hydrogen-bond acceptors (Lipinski definition) is 3. The molecule has 0 spiro atoms. The van der Waals surface area contributed by atoms with Gasteiger partial charge in [-0.2, -0.15) is 0 Å². The first-order valence-corrected chi connectivity index (χ1v) is 6.11. The summed E-state index contributed by atoms with van der Waals surface area (Å²) in [6.07, 6.45) is 2.99. The molecule has 3 rings (SSSR count). The SMILES string of the molecule is Cc1cc(C)cc(-c2ncc3c(n2)CCC3=O)c1. The average Bonchev–Trinajstić information content (AvgIpc) is 2.69. The van der Waals surface area contributed by atoms with Gasteiger partial charge in [0.05, 0.1) is 11.3 Å². The van der Waals surface area contributed by atoms with Gasteiger partial charge in [0.25, 0.3) is 0 Å². The molecule has 0 radical (unpaired) electrons. The maximum absolute atomic E-state index is 11.5. The number of rotatable bonds is 1. The van der Waals surface area contributed by atoms with Gasteiger partial charge in [0.1, 0.15) is 0 Å². The maximum atomic E-state index is 11.5. The molecular weight excluding hydrogens is 224 g/mol. The highest BCUT2D eigenvalue weighted by Gasteiger charge is 2.21. The third-order valence-corrected chi connectivity index (χ3v) is 3.24. The first-order chi connectivity index (χ1) is 8.63. The summed E-state index contributed by atoms with van der Waals surface area (Å²) in [7, 11) is 0. The first-order valence-electron chi connectivity index (χ1n) is 6.11. The number of Topliss-reactive ketones (excluding diaryl/α,β-unsaturated/α-hetero) is 1. The standard InChI is InChI=1S/C15H14N2O/c1-9-5-10(2)7-11(6-9)15-16-8-12-13(17-15)3-4-14(12)18/h5-8H,3-4H2,1-2H3. The molecule has 0 unspecified atom stereocenters. The fourth-order valence-corrected chi connectivity index (χ4v) is 2.45. The minimum Gasteiger partial charge on any atom is -0.294 e. The van der Waals surface area contributed by atoms with Crippen molar-refractivity contribution in [2.75, 3.05) is 0 Å². The van der Waals surface area contributed by atoms with Crippen LogP contribution in [0.5, 0.6) is 0 Å². The largest absolute Gasteiger partial charge is 0.294 e. The lowest BCUT2D eigenvalue weighted by atomic mass is 10.1. The second-order valence-electron chi connectivity index (χ2n) is 4.85. The smallest absolute Gasteiger partial charge is 0.166 e. The Bertz CT molecular complexity index is 627. The van der Waals surface area contributed by atoms with E-state index in [4.69, 9.17) is 0 Å². The summed E-state index contributed by atoms with van der Waals surface area (Å²) in [6.45, 7) is 4.13. The Morgan fingerprint density at radius 2 is 1.78 bits per heavy atom.